The van der Waals surface area contributed by atoms with E-state index in [1.54, 1.807) is 0 Å². The van der Waals surface area contributed by atoms with Gasteiger partial charge in [-0.1, -0.05) is 85.8 Å². The van der Waals surface area contributed by atoms with E-state index >= 15 is 0 Å². The summed E-state index contributed by atoms with van der Waals surface area (Å²) < 4.78 is 0. The van der Waals surface area contributed by atoms with Gasteiger partial charge in [-0.25, -0.2) is 0 Å². The number of aliphatic imine (C=N–C) groups is 2. The number of hydrogen-bond donors (Lipinski definition) is 0. The number of hydrogen-bond acceptors (Lipinski definition) is 2. The fourth-order valence-electron chi connectivity index (χ4n) is 3.91. The molecule has 0 N–H and O–H groups in total. The van der Waals surface area contributed by atoms with Crippen molar-refractivity contribution in [2.45, 2.75) is 39.0 Å². The zero-order valence-corrected chi connectivity index (χ0v) is 17.1. The van der Waals surface area contributed by atoms with Crippen molar-refractivity contribution in [2.75, 3.05) is 6.54 Å². The van der Waals surface area contributed by atoms with Crippen molar-refractivity contribution in [2.24, 2.45) is 9.98 Å². The molecule has 2 nitrogen and oxygen atoms in total. The Morgan fingerprint density at radius 1 is 0.655 bits per heavy atom. The highest BCUT2D eigenvalue weighted by molar-refractivity contribution is 6.43. The van der Waals surface area contributed by atoms with Crippen molar-refractivity contribution >= 4 is 17.1 Å². The van der Waals surface area contributed by atoms with Crippen LogP contribution in [-0.4, -0.2) is 18.0 Å². The molecule has 1 aliphatic carbocycles. The average Bonchev–Trinajstić information content (AvgIpc) is 2.80. The van der Waals surface area contributed by atoms with E-state index in [2.05, 4.69) is 85.8 Å². The normalized spacial score (nSPS) is 17.0. The third kappa shape index (κ3) is 4.54. The van der Waals surface area contributed by atoms with Crippen LogP contribution in [0.3, 0.4) is 0 Å². The van der Waals surface area contributed by atoms with Crippen LogP contribution in [-0.2, 0) is 0 Å². The molecular weight excluding hydrogens is 352 g/mol. The van der Waals surface area contributed by atoms with Crippen LogP contribution >= 0.6 is 0 Å². The smallest absolute Gasteiger partial charge is 0.0790 e. The first kappa shape index (κ1) is 19.3. The number of para-hydroxylation sites is 1. The quantitative estimate of drug-likeness (QED) is 0.437. The Bertz CT molecular complexity index is 943. The maximum Gasteiger partial charge on any atom is 0.0790 e. The SMILES string of the molecule is CCCN=C1CCCCC1=Nc1c(-c2ccccc2)cccc1-c1ccccc1. The van der Waals surface area contributed by atoms with Crippen molar-refractivity contribution in [3.63, 3.8) is 0 Å². The molecule has 1 aliphatic rings. The molecule has 3 aromatic carbocycles. The van der Waals surface area contributed by atoms with Crippen LogP contribution in [0.5, 0.6) is 0 Å². The van der Waals surface area contributed by atoms with E-state index in [-0.39, 0.29) is 0 Å². The molecule has 0 heterocycles. The van der Waals surface area contributed by atoms with Gasteiger partial charge in [0.25, 0.3) is 0 Å². The fourth-order valence-corrected chi connectivity index (χ4v) is 3.91. The molecule has 146 valence electrons. The first-order valence-corrected chi connectivity index (χ1v) is 10.7. The Kier molecular flexibility index (Phi) is 6.31. The molecule has 0 aliphatic heterocycles. The van der Waals surface area contributed by atoms with E-state index in [1.807, 2.05) is 0 Å². The zero-order valence-electron chi connectivity index (χ0n) is 17.1. The highest BCUT2D eigenvalue weighted by Crippen LogP contribution is 2.39. The van der Waals surface area contributed by atoms with Crippen LogP contribution in [0.25, 0.3) is 22.3 Å². The summed E-state index contributed by atoms with van der Waals surface area (Å²) in [6.07, 6.45) is 5.55. The lowest BCUT2D eigenvalue weighted by Crippen LogP contribution is -2.19. The molecule has 2 heteroatoms. The lowest BCUT2D eigenvalue weighted by Gasteiger charge is -2.18. The molecule has 0 spiro atoms. The Morgan fingerprint density at radius 3 is 1.76 bits per heavy atom. The van der Waals surface area contributed by atoms with E-state index in [1.165, 1.54) is 46.5 Å². The molecule has 0 unspecified atom stereocenters. The summed E-state index contributed by atoms with van der Waals surface area (Å²) in [7, 11) is 0. The second-order valence-corrected chi connectivity index (χ2v) is 7.53. The summed E-state index contributed by atoms with van der Waals surface area (Å²) in [6.45, 7) is 3.07. The average molecular weight is 381 g/mol. The molecule has 29 heavy (non-hydrogen) atoms. The van der Waals surface area contributed by atoms with Crippen molar-refractivity contribution in [1.29, 1.82) is 0 Å². The van der Waals surface area contributed by atoms with Gasteiger partial charge in [0, 0.05) is 17.7 Å². The molecule has 0 radical (unpaired) electrons. The van der Waals surface area contributed by atoms with E-state index in [9.17, 15) is 0 Å². The lowest BCUT2D eigenvalue weighted by atomic mass is 9.93. The van der Waals surface area contributed by atoms with Crippen LogP contribution in [0.2, 0.25) is 0 Å². The first-order chi connectivity index (χ1) is 14.4. The van der Waals surface area contributed by atoms with Gasteiger partial charge in [0.1, 0.15) is 0 Å². The number of nitrogens with zero attached hydrogens (tertiary/aromatic N) is 2. The highest BCUT2D eigenvalue weighted by Gasteiger charge is 2.18. The van der Waals surface area contributed by atoms with E-state index in [0.717, 1.165) is 31.5 Å². The molecule has 0 aromatic heterocycles. The van der Waals surface area contributed by atoms with E-state index < -0.39 is 0 Å². The van der Waals surface area contributed by atoms with Gasteiger partial charge in [0.2, 0.25) is 0 Å². The fraction of sp³-hybridized carbons (Fsp3) is 0.259. The van der Waals surface area contributed by atoms with E-state index in [0.29, 0.717) is 0 Å². The van der Waals surface area contributed by atoms with Crippen LogP contribution in [0.15, 0.2) is 88.8 Å². The molecular formula is C27H28N2. The van der Waals surface area contributed by atoms with Crippen molar-refractivity contribution in [3.05, 3.63) is 78.9 Å². The standard InChI is InChI=1S/C27H28N2/c1-2-20-28-25-18-9-10-19-26(25)29-27-23(21-12-5-3-6-13-21)16-11-17-24(27)22-14-7-4-8-15-22/h3-8,11-17H,2,9-10,18-20H2,1H3. The van der Waals surface area contributed by atoms with Crippen LogP contribution in [0.1, 0.15) is 39.0 Å². The molecule has 1 saturated carbocycles. The predicted octanol–water partition coefficient (Wildman–Crippen LogP) is 7.52. The van der Waals surface area contributed by atoms with Gasteiger partial charge in [0.15, 0.2) is 0 Å². The summed E-state index contributed by atoms with van der Waals surface area (Å²) in [5.41, 5.74) is 8.20. The van der Waals surface area contributed by atoms with Crippen molar-refractivity contribution < 1.29 is 0 Å². The number of rotatable bonds is 5. The Morgan fingerprint density at radius 2 is 1.21 bits per heavy atom. The largest absolute Gasteiger partial charge is 0.288 e. The van der Waals surface area contributed by atoms with Gasteiger partial charge in [-0.3, -0.25) is 9.98 Å². The minimum Gasteiger partial charge on any atom is -0.288 e. The second-order valence-electron chi connectivity index (χ2n) is 7.53. The van der Waals surface area contributed by atoms with Gasteiger partial charge in [-0.2, -0.15) is 0 Å². The van der Waals surface area contributed by atoms with Gasteiger partial charge in [-0.15, -0.1) is 0 Å². The van der Waals surface area contributed by atoms with Crippen LogP contribution < -0.4 is 0 Å². The van der Waals surface area contributed by atoms with E-state index in [4.69, 9.17) is 9.98 Å². The molecule has 3 aromatic rings. The molecule has 0 saturated heterocycles. The molecule has 0 bridgehead atoms. The van der Waals surface area contributed by atoms with Gasteiger partial charge >= 0.3 is 0 Å². The lowest BCUT2D eigenvalue weighted by molar-refractivity contribution is 0.771. The third-order valence-electron chi connectivity index (χ3n) is 5.39. The summed E-state index contributed by atoms with van der Waals surface area (Å²) in [6, 6.07) is 27.7. The highest BCUT2D eigenvalue weighted by atomic mass is 14.8. The Hall–Kier alpha value is -3.00. The summed E-state index contributed by atoms with van der Waals surface area (Å²) >= 11 is 0. The second kappa shape index (κ2) is 9.47. The molecule has 0 atom stereocenters. The summed E-state index contributed by atoms with van der Waals surface area (Å²) in [5, 5.41) is 0. The predicted molar refractivity (Wildman–Crippen MR) is 125 cm³/mol. The van der Waals surface area contributed by atoms with Gasteiger partial charge in [0.05, 0.1) is 17.1 Å². The molecule has 1 fully saturated rings. The molecule has 4 rings (SSSR count). The number of benzene rings is 3. The minimum absolute atomic E-state index is 0.889. The minimum atomic E-state index is 0.889. The van der Waals surface area contributed by atoms with Crippen LogP contribution in [0.4, 0.5) is 5.69 Å². The zero-order chi connectivity index (χ0) is 19.9. The monoisotopic (exact) mass is 380 g/mol. The maximum atomic E-state index is 5.29. The van der Waals surface area contributed by atoms with Gasteiger partial charge < -0.3 is 0 Å². The topological polar surface area (TPSA) is 24.7 Å². The first-order valence-electron chi connectivity index (χ1n) is 10.7. The van der Waals surface area contributed by atoms with Crippen LogP contribution in [0, 0.1) is 0 Å². The van der Waals surface area contributed by atoms with Gasteiger partial charge in [-0.05, 0) is 43.2 Å². The summed E-state index contributed by atoms with van der Waals surface area (Å²) in [5.74, 6) is 0. The molecule has 0 amide bonds. The Labute approximate surface area is 174 Å². The van der Waals surface area contributed by atoms with Crippen molar-refractivity contribution in [3.8, 4) is 22.3 Å². The third-order valence-corrected chi connectivity index (χ3v) is 5.39. The maximum absolute atomic E-state index is 5.29. The van der Waals surface area contributed by atoms with Crippen molar-refractivity contribution in [1.82, 2.24) is 0 Å². The Balaban J connectivity index is 1.90. The summed E-state index contributed by atoms with van der Waals surface area (Å²) in [4.78, 5) is 10.2.